The quantitative estimate of drug-likeness (QED) is 0.812. The average molecular weight is 322 g/mol. The Hall–Kier alpha value is -2.62. The van der Waals surface area contributed by atoms with Crippen molar-refractivity contribution in [3.8, 4) is 0 Å². The molecular formula is C20H22N2O2. The highest BCUT2D eigenvalue weighted by molar-refractivity contribution is 6.35. The van der Waals surface area contributed by atoms with Gasteiger partial charge in [0.15, 0.2) is 0 Å². The van der Waals surface area contributed by atoms with Crippen molar-refractivity contribution in [2.24, 2.45) is 0 Å². The standard InChI is InChI=1S/C20H22N2O2/c1-15-7-9-17(10-8-15)13-21-11-12-22(20(24)19(21)23)14-18-6-4-3-5-16(18)2/h3-10H,11-14H2,1-2H3. The minimum Gasteiger partial charge on any atom is -0.328 e. The molecule has 0 atom stereocenters. The molecule has 4 heteroatoms. The molecule has 1 saturated heterocycles. The van der Waals surface area contributed by atoms with Gasteiger partial charge in [-0.2, -0.15) is 0 Å². The second kappa shape index (κ2) is 6.87. The molecule has 0 aliphatic carbocycles. The average Bonchev–Trinajstić information content (AvgIpc) is 2.58. The molecule has 3 rings (SSSR count). The van der Waals surface area contributed by atoms with Gasteiger partial charge in [0.05, 0.1) is 0 Å². The fraction of sp³-hybridized carbons (Fsp3) is 0.300. The maximum Gasteiger partial charge on any atom is 0.312 e. The number of piperazine rings is 1. The molecule has 0 spiro atoms. The lowest BCUT2D eigenvalue weighted by atomic mass is 10.1. The molecule has 2 amide bonds. The van der Waals surface area contributed by atoms with Crippen LogP contribution >= 0.6 is 0 Å². The van der Waals surface area contributed by atoms with Crippen LogP contribution in [0.5, 0.6) is 0 Å². The Bertz CT molecular complexity index is 752. The topological polar surface area (TPSA) is 40.6 Å². The van der Waals surface area contributed by atoms with E-state index in [9.17, 15) is 9.59 Å². The summed E-state index contributed by atoms with van der Waals surface area (Å²) in [5, 5.41) is 0. The third kappa shape index (κ3) is 3.48. The molecule has 0 unspecified atom stereocenters. The Morgan fingerprint density at radius 2 is 1.38 bits per heavy atom. The SMILES string of the molecule is Cc1ccc(CN2CCN(Cc3ccccc3C)C(=O)C2=O)cc1. The van der Waals surface area contributed by atoms with Crippen molar-refractivity contribution in [2.45, 2.75) is 26.9 Å². The van der Waals surface area contributed by atoms with E-state index in [1.165, 1.54) is 5.56 Å². The van der Waals surface area contributed by atoms with Crippen LogP contribution in [0.2, 0.25) is 0 Å². The molecule has 2 aromatic carbocycles. The van der Waals surface area contributed by atoms with Gasteiger partial charge in [0.2, 0.25) is 0 Å². The Balaban J connectivity index is 1.66. The van der Waals surface area contributed by atoms with Crippen molar-refractivity contribution in [1.29, 1.82) is 0 Å². The van der Waals surface area contributed by atoms with E-state index < -0.39 is 11.8 Å². The Kier molecular flexibility index (Phi) is 4.65. The third-order valence-electron chi connectivity index (χ3n) is 4.51. The van der Waals surface area contributed by atoms with Crippen LogP contribution in [0.25, 0.3) is 0 Å². The number of carbonyl (C=O) groups is 2. The normalized spacial score (nSPS) is 15.1. The first-order valence-corrected chi connectivity index (χ1v) is 8.23. The lowest BCUT2D eigenvalue weighted by Crippen LogP contribution is -2.53. The number of aryl methyl sites for hydroxylation is 2. The maximum absolute atomic E-state index is 12.4. The van der Waals surface area contributed by atoms with Gasteiger partial charge in [0.1, 0.15) is 0 Å². The van der Waals surface area contributed by atoms with E-state index in [4.69, 9.17) is 0 Å². The van der Waals surface area contributed by atoms with E-state index >= 15 is 0 Å². The smallest absolute Gasteiger partial charge is 0.312 e. The van der Waals surface area contributed by atoms with E-state index in [0.717, 1.165) is 16.7 Å². The van der Waals surface area contributed by atoms with Gasteiger partial charge < -0.3 is 9.80 Å². The number of hydrogen-bond acceptors (Lipinski definition) is 2. The molecule has 0 saturated carbocycles. The predicted molar refractivity (Wildman–Crippen MR) is 93.2 cm³/mol. The number of nitrogens with zero attached hydrogens (tertiary/aromatic N) is 2. The van der Waals surface area contributed by atoms with Gasteiger partial charge in [-0.3, -0.25) is 9.59 Å². The van der Waals surface area contributed by atoms with Crippen molar-refractivity contribution >= 4 is 11.8 Å². The zero-order valence-electron chi connectivity index (χ0n) is 14.2. The first-order chi connectivity index (χ1) is 11.5. The van der Waals surface area contributed by atoms with E-state index in [1.807, 2.05) is 62.4 Å². The summed E-state index contributed by atoms with van der Waals surface area (Å²) >= 11 is 0. The van der Waals surface area contributed by atoms with Gasteiger partial charge in [0.25, 0.3) is 0 Å². The van der Waals surface area contributed by atoms with Crippen LogP contribution in [0.1, 0.15) is 22.3 Å². The molecule has 0 bridgehead atoms. The Morgan fingerprint density at radius 1 is 0.792 bits per heavy atom. The highest BCUT2D eigenvalue weighted by Gasteiger charge is 2.32. The number of benzene rings is 2. The molecule has 2 aromatic rings. The molecule has 1 aliphatic rings. The van der Waals surface area contributed by atoms with Gasteiger partial charge in [0, 0.05) is 26.2 Å². The number of hydrogen-bond donors (Lipinski definition) is 0. The van der Waals surface area contributed by atoms with Crippen LogP contribution in [0.3, 0.4) is 0 Å². The summed E-state index contributed by atoms with van der Waals surface area (Å²) in [6, 6.07) is 16.0. The van der Waals surface area contributed by atoms with Gasteiger partial charge in [-0.25, -0.2) is 0 Å². The summed E-state index contributed by atoms with van der Waals surface area (Å²) in [5.41, 5.74) is 4.46. The molecule has 0 radical (unpaired) electrons. The summed E-state index contributed by atoms with van der Waals surface area (Å²) in [7, 11) is 0. The molecular weight excluding hydrogens is 300 g/mol. The van der Waals surface area contributed by atoms with Crippen LogP contribution in [-0.4, -0.2) is 34.7 Å². The van der Waals surface area contributed by atoms with Crippen molar-refractivity contribution in [1.82, 2.24) is 9.80 Å². The minimum atomic E-state index is -0.407. The van der Waals surface area contributed by atoms with E-state index in [-0.39, 0.29) is 0 Å². The molecule has 0 N–H and O–H groups in total. The van der Waals surface area contributed by atoms with Crippen molar-refractivity contribution < 1.29 is 9.59 Å². The lowest BCUT2D eigenvalue weighted by Gasteiger charge is -2.34. The monoisotopic (exact) mass is 322 g/mol. The highest BCUT2D eigenvalue weighted by Crippen LogP contribution is 2.16. The molecule has 24 heavy (non-hydrogen) atoms. The fourth-order valence-corrected chi connectivity index (χ4v) is 2.92. The third-order valence-corrected chi connectivity index (χ3v) is 4.51. The number of amides is 2. The zero-order valence-corrected chi connectivity index (χ0v) is 14.2. The van der Waals surface area contributed by atoms with Gasteiger partial charge >= 0.3 is 11.8 Å². The Morgan fingerprint density at radius 3 is 2.00 bits per heavy atom. The summed E-state index contributed by atoms with van der Waals surface area (Å²) in [6.45, 7) is 6.19. The summed E-state index contributed by atoms with van der Waals surface area (Å²) < 4.78 is 0. The molecule has 1 heterocycles. The first kappa shape index (κ1) is 16.2. The van der Waals surface area contributed by atoms with Crippen LogP contribution in [-0.2, 0) is 22.7 Å². The number of rotatable bonds is 4. The highest BCUT2D eigenvalue weighted by atomic mass is 16.2. The van der Waals surface area contributed by atoms with E-state index in [2.05, 4.69) is 0 Å². The van der Waals surface area contributed by atoms with E-state index in [0.29, 0.717) is 26.2 Å². The number of carbonyl (C=O) groups excluding carboxylic acids is 2. The summed E-state index contributed by atoms with van der Waals surface area (Å²) in [4.78, 5) is 28.1. The van der Waals surface area contributed by atoms with Crippen LogP contribution < -0.4 is 0 Å². The van der Waals surface area contributed by atoms with Crippen molar-refractivity contribution in [2.75, 3.05) is 13.1 Å². The molecule has 1 fully saturated rings. The molecule has 4 nitrogen and oxygen atoms in total. The van der Waals surface area contributed by atoms with Crippen LogP contribution in [0, 0.1) is 13.8 Å². The molecule has 1 aliphatic heterocycles. The largest absolute Gasteiger partial charge is 0.328 e. The minimum absolute atomic E-state index is 0.406. The second-order valence-corrected chi connectivity index (χ2v) is 6.37. The maximum atomic E-state index is 12.4. The van der Waals surface area contributed by atoms with Gasteiger partial charge in [-0.05, 0) is 30.5 Å². The van der Waals surface area contributed by atoms with Crippen LogP contribution in [0.4, 0.5) is 0 Å². The van der Waals surface area contributed by atoms with Crippen molar-refractivity contribution in [3.63, 3.8) is 0 Å². The van der Waals surface area contributed by atoms with Gasteiger partial charge in [-0.15, -0.1) is 0 Å². The first-order valence-electron chi connectivity index (χ1n) is 8.23. The molecule has 124 valence electrons. The summed E-state index contributed by atoms with van der Waals surface area (Å²) in [5.74, 6) is -0.813. The zero-order chi connectivity index (χ0) is 17.1. The second-order valence-electron chi connectivity index (χ2n) is 6.37. The lowest BCUT2D eigenvalue weighted by molar-refractivity contribution is -0.156. The Labute approximate surface area is 142 Å². The van der Waals surface area contributed by atoms with Crippen LogP contribution in [0.15, 0.2) is 48.5 Å². The van der Waals surface area contributed by atoms with Gasteiger partial charge in [-0.1, -0.05) is 54.1 Å². The van der Waals surface area contributed by atoms with Crippen molar-refractivity contribution in [3.05, 3.63) is 70.8 Å². The summed E-state index contributed by atoms with van der Waals surface area (Å²) in [6.07, 6.45) is 0. The molecule has 0 aromatic heterocycles. The predicted octanol–water partition coefficient (Wildman–Crippen LogP) is 2.67. The fourth-order valence-electron chi connectivity index (χ4n) is 2.92. The van der Waals surface area contributed by atoms with E-state index in [1.54, 1.807) is 9.80 Å².